The van der Waals surface area contributed by atoms with Gasteiger partial charge >= 0.3 is 11.9 Å². The van der Waals surface area contributed by atoms with E-state index in [2.05, 4.69) is 84.9 Å². The van der Waals surface area contributed by atoms with Crippen molar-refractivity contribution in [3.8, 4) is 0 Å². The highest BCUT2D eigenvalue weighted by Gasteiger charge is 2.11. The zero-order valence-electron chi connectivity index (χ0n) is 23.2. The van der Waals surface area contributed by atoms with Crippen LogP contribution in [-0.4, -0.2) is 37.9 Å². The minimum Gasteiger partial charge on any atom is -0.744 e. The molecule has 0 heterocycles. The highest BCUT2D eigenvalue weighted by molar-refractivity contribution is 7.86. The zero-order valence-corrected chi connectivity index (χ0v) is 24.9. The summed E-state index contributed by atoms with van der Waals surface area (Å²) in [5.41, 5.74) is 21.9. The van der Waals surface area contributed by atoms with Crippen LogP contribution >= 0.6 is 0 Å². The van der Waals surface area contributed by atoms with E-state index in [1.165, 1.54) is 29.8 Å². The van der Waals surface area contributed by atoms with Gasteiger partial charge in [0.25, 0.3) is 0 Å². The summed E-state index contributed by atoms with van der Waals surface area (Å²) >= 11 is 0. The molecule has 0 unspecified atom stereocenters. The fourth-order valence-corrected chi connectivity index (χ4v) is 3.29. The summed E-state index contributed by atoms with van der Waals surface area (Å²) in [7, 11) is -8.54. The molecule has 0 amide bonds. The Hall–Kier alpha value is -3.98. The quantitative estimate of drug-likeness (QED) is 0.117. The topological polar surface area (TPSA) is 270 Å². The molecule has 14 heteroatoms. The van der Waals surface area contributed by atoms with Gasteiger partial charge < -0.3 is 9.11 Å². The Balaban J connectivity index is 0. The molecule has 0 aromatic heterocycles. The van der Waals surface area contributed by atoms with Crippen LogP contribution in [0.25, 0.3) is 0 Å². The Kier molecular flexibility index (Phi) is 16.8. The third-order valence-electron chi connectivity index (χ3n) is 4.26. The SMILES string of the molecule is CC(C)(C)c1ccccc1.Cc1ccc(S(=O)(=O)[O-])cc1.Cc1ccc(S(=O)(=O)[O-])cc1.NC(N)=[NH2+].NC(N)=[NH2+]. The molecule has 0 aliphatic rings. The molecule has 0 radical (unpaired) electrons. The number of hydrogen-bond donors (Lipinski definition) is 6. The fourth-order valence-electron chi connectivity index (χ4n) is 2.35. The van der Waals surface area contributed by atoms with Gasteiger partial charge in [-0.1, -0.05) is 86.5 Å². The van der Waals surface area contributed by atoms with Gasteiger partial charge in [-0.15, -0.1) is 0 Å². The van der Waals surface area contributed by atoms with Crippen molar-refractivity contribution in [1.29, 1.82) is 0 Å². The van der Waals surface area contributed by atoms with Crippen molar-refractivity contribution in [1.82, 2.24) is 0 Å². The lowest BCUT2D eigenvalue weighted by Crippen LogP contribution is -2.51. The molecular formula is C26H40N6O6S2. The van der Waals surface area contributed by atoms with Crippen LogP contribution in [0.3, 0.4) is 0 Å². The lowest BCUT2D eigenvalue weighted by Gasteiger charge is -2.18. The van der Waals surface area contributed by atoms with Crippen molar-refractivity contribution >= 4 is 32.2 Å². The smallest absolute Gasteiger partial charge is 0.336 e. The van der Waals surface area contributed by atoms with Crippen LogP contribution in [0.1, 0.15) is 37.5 Å². The maximum absolute atomic E-state index is 10.4. The van der Waals surface area contributed by atoms with Crippen LogP contribution in [0, 0.1) is 13.8 Å². The van der Waals surface area contributed by atoms with Crippen molar-refractivity contribution in [3.63, 3.8) is 0 Å². The molecule has 0 saturated carbocycles. The minimum absolute atomic E-state index is 0.0833. The van der Waals surface area contributed by atoms with Gasteiger partial charge in [-0.3, -0.25) is 33.8 Å². The zero-order chi connectivity index (χ0) is 31.7. The standard InChI is InChI=1S/C10H14.2C7H8O3S.2CH5N3/c1-10(2,3)9-7-5-4-6-8-9;2*1-6-2-4-7(5-3-6)11(8,9)10;2*2-1(3)4/h4-8H,1-3H3;2*2-5H,1H3,(H,8,9,10);2*(H5,2,3,4). The van der Waals surface area contributed by atoms with Gasteiger partial charge in [-0.25, -0.2) is 16.8 Å². The fraction of sp³-hybridized carbons (Fsp3) is 0.231. The number of nitrogens with two attached hydrogens (primary N) is 6. The lowest BCUT2D eigenvalue weighted by molar-refractivity contribution is -0.117. The second-order valence-corrected chi connectivity index (χ2v) is 11.9. The first-order valence-corrected chi connectivity index (χ1v) is 14.3. The third kappa shape index (κ3) is 21.0. The van der Waals surface area contributed by atoms with E-state index in [0.717, 1.165) is 11.1 Å². The first kappa shape index (κ1) is 38.2. The van der Waals surface area contributed by atoms with E-state index in [4.69, 9.17) is 0 Å². The molecule has 12 N–H and O–H groups in total. The summed E-state index contributed by atoms with van der Waals surface area (Å²) in [6.45, 7) is 10.3. The normalized spacial score (nSPS) is 10.4. The van der Waals surface area contributed by atoms with E-state index < -0.39 is 20.2 Å². The predicted molar refractivity (Wildman–Crippen MR) is 154 cm³/mol. The van der Waals surface area contributed by atoms with Gasteiger partial charge in [0.15, 0.2) is 0 Å². The molecule has 3 rings (SSSR count). The second-order valence-electron chi connectivity index (χ2n) is 9.15. The minimum atomic E-state index is -4.27. The molecular weight excluding hydrogens is 556 g/mol. The van der Waals surface area contributed by atoms with Gasteiger partial charge in [0.1, 0.15) is 20.2 Å². The van der Waals surface area contributed by atoms with Crippen LogP contribution < -0.4 is 33.8 Å². The highest BCUT2D eigenvalue weighted by atomic mass is 32.2. The number of rotatable bonds is 2. The highest BCUT2D eigenvalue weighted by Crippen LogP contribution is 2.20. The number of guanidine groups is 2. The summed E-state index contributed by atoms with van der Waals surface area (Å²) in [4.78, 5) is -0.355. The maximum Gasteiger partial charge on any atom is 0.336 e. The first-order chi connectivity index (χ1) is 18.1. The summed E-state index contributed by atoms with van der Waals surface area (Å²) in [5, 5.41) is 9.17. The van der Waals surface area contributed by atoms with Crippen molar-refractivity contribution in [2.75, 3.05) is 0 Å². The number of hydrogen-bond acceptors (Lipinski definition) is 6. The summed E-state index contributed by atoms with van der Waals surface area (Å²) < 4.78 is 62.3. The lowest BCUT2D eigenvalue weighted by atomic mass is 9.87. The Morgan fingerprint density at radius 1 is 0.600 bits per heavy atom. The summed E-state index contributed by atoms with van der Waals surface area (Å²) in [5.74, 6) is -0.167. The first-order valence-electron chi connectivity index (χ1n) is 11.4. The Morgan fingerprint density at radius 2 is 0.850 bits per heavy atom. The molecule has 0 aliphatic carbocycles. The molecule has 0 aliphatic heterocycles. The average molecular weight is 597 g/mol. The predicted octanol–water partition coefficient (Wildman–Crippen LogP) is -1.18. The molecule has 12 nitrogen and oxygen atoms in total. The van der Waals surface area contributed by atoms with Crippen LogP contribution in [0.5, 0.6) is 0 Å². The Bertz CT molecular complexity index is 1300. The van der Waals surface area contributed by atoms with E-state index in [-0.39, 0.29) is 21.7 Å². The third-order valence-corrected chi connectivity index (χ3v) is 5.96. The van der Waals surface area contributed by atoms with Crippen LogP contribution in [-0.2, 0) is 25.7 Å². The van der Waals surface area contributed by atoms with Crippen molar-refractivity contribution < 1.29 is 36.8 Å². The van der Waals surface area contributed by atoms with E-state index in [9.17, 15) is 25.9 Å². The van der Waals surface area contributed by atoms with Crippen molar-refractivity contribution in [2.45, 2.75) is 49.8 Å². The molecule has 0 spiro atoms. The largest absolute Gasteiger partial charge is 0.744 e. The van der Waals surface area contributed by atoms with E-state index in [0.29, 0.717) is 5.41 Å². The van der Waals surface area contributed by atoms with E-state index >= 15 is 0 Å². The van der Waals surface area contributed by atoms with Crippen molar-refractivity contribution in [3.05, 3.63) is 95.6 Å². The van der Waals surface area contributed by atoms with Crippen LogP contribution in [0.4, 0.5) is 0 Å². The van der Waals surface area contributed by atoms with Gasteiger partial charge in [-0.05, 0) is 49.1 Å². The summed E-state index contributed by atoms with van der Waals surface area (Å²) in [6.07, 6.45) is 0. The second kappa shape index (κ2) is 17.6. The molecule has 0 fully saturated rings. The van der Waals surface area contributed by atoms with E-state index in [1.807, 2.05) is 13.8 Å². The van der Waals surface area contributed by atoms with Crippen LogP contribution in [0.15, 0.2) is 88.7 Å². The van der Waals surface area contributed by atoms with E-state index in [1.54, 1.807) is 24.3 Å². The molecule has 0 saturated heterocycles. The number of aryl methyl sites for hydroxylation is 2. The Labute approximate surface area is 236 Å². The molecule has 3 aromatic carbocycles. The molecule has 0 bridgehead atoms. The van der Waals surface area contributed by atoms with Gasteiger partial charge in [-0.2, -0.15) is 0 Å². The number of benzene rings is 3. The van der Waals surface area contributed by atoms with Gasteiger partial charge in [0.2, 0.25) is 0 Å². The summed E-state index contributed by atoms with van der Waals surface area (Å²) in [6, 6.07) is 22.1. The molecule has 222 valence electrons. The average Bonchev–Trinajstić information content (AvgIpc) is 2.79. The van der Waals surface area contributed by atoms with Crippen LogP contribution in [0.2, 0.25) is 0 Å². The monoisotopic (exact) mass is 596 g/mol. The maximum atomic E-state index is 10.4. The van der Waals surface area contributed by atoms with Crippen molar-refractivity contribution in [2.24, 2.45) is 22.9 Å². The van der Waals surface area contributed by atoms with Gasteiger partial charge in [0.05, 0.1) is 9.79 Å². The molecule has 40 heavy (non-hydrogen) atoms. The molecule has 0 atom stereocenters. The molecule has 3 aromatic rings. The Morgan fingerprint density at radius 3 is 1.02 bits per heavy atom. The van der Waals surface area contributed by atoms with Gasteiger partial charge in [0, 0.05) is 0 Å².